The maximum Gasteiger partial charge on any atom is 0.336 e. The average molecular weight is 374 g/mol. The van der Waals surface area contributed by atoms with Crippen LogP contribution in [0.4, 0.5) is 5.69 Å². The van der Waals surface area contributed by atoms with Crippen LogP contribution < -0.4 is 15.8 Å². The number of aromatic hydroxyl groups is 1. The Labute approximate surface area is 154 Å². The molecule has 1 heterocycles. The summed E-state index contributed by atoms with van der Waals surface area (Å²) in [6.07, 6.45) is 0. The number of phenols is 1. The molecule has 1 atom stereocenters. The molecule has 134 valence electrons. The number of para-hydroxylation sites is 1. The summed E-state index contributed by atoms with van der Waals surface area (Å²) in [5.74, 6) is -0.155. The molecule has 0 aliphatic rings. The summed E-state index contributed by atoms with van der Waals surface area (Å²) in [5, 5.41) is 13.5. The Morgan fingerprint density at radius 1 is 1.23 bits per heavy atom. The summed E-state index contributed by atoms with van der Waals surface area (Å²) in [7, 11) is 1.85. The van der Waals surface area contributed by atoms with Crippen molar-refractivity contribution in [2.45, 2.75) is 6.54 Å². The molecule has 3 N–H and O–H groups in total. The second kappa shape index (κ2) is 7.59. The van der Waals surface area contributed by atoms with Crippen molar-refractivity contribution >= 4 is 34.2 Å². The van der Waals surface area contributed by atoms with E-state index < -0.39 is 5.63 Å². The molecule has 6 nitrogen and oxygen atoms in total. The van der Waals surface area contributed by atoms with Crippen LogP contribution in [0, 0.1) is 0 Å². The van der Waals surface area contributed by atoms with Crippen molar-refractivity contribution in [3.63, 3.8) is 0 Å². The van der Waals surface area contributed by atoms with Crippen LogP contribution in [0.5, 0.6) is 5.75 Å². The number of hydrogen-bond acceptors (Lipinski definition) is 4. The van der Waals surface area contributed by atoms with Gasteiger partial charge in [0.2, 0.25) is 0 Å². The second-order valence-electron chi connectivity index (χ2n) is 6.11. The number of carbonyl (C=O) groups excluding carboxylic acids is 1. The van der Waals surface area contributed by atoms with E-state index in [-0.39, 0.29) is 18.2 Å². The van der Waals surface area contributed by atoms with Crippen LogP contribution in [0.2, 0.25) is 5.02 Å². The Morgan fingerprint density at radius 3 is 2.77 bits per heavy atom. The zero-order valence-electron chi connectivity index (χ0n) is 14.1. The van der Waals surface area contributed by atoms with Crippen LogP contribution in [0.3, 0.4) is 0 Å². The van der Waals surface area contributed by atoms with Crippen molar-refractivity contribution in [2.24, 2.45) is 0 Å². The van der Waals surface area contributed by atoms with Crippen LogP contribution in [0.1, 0.15) is 5.56 Å². The topological polar surface area (TPSA) is 84.0 Å². The molecule has 0 radical (unpaired) electrons. The fourth-order valence-electron chi connectivity index (χ4n) is 2.78. The van der Waals surface area contributed by atoms with Gasteiger partial charge in [-0.2, -0.15) is 0 Å². The number of carbonyl (C=O) groups is 1. The predicted molar refractivity (Wildman–Crippen MR) is 99.7 cm³/mol. The third-order valence-corrected chi connectivity index (χ3v) is 4.25. The number of quaternary nitrogens is 1. The normalized spacial score (nSPS) is 12.1. The van der Waals surface area contributed by atoms with Gasteiger partial charge in [-0.25, -0.2) is 4.79 Å². The van der Waals surface area contributed by atoms with Crippen molar-refractivity contribution in [3.05, 3.63) is 69.5 Å². The first-order valence-corrected chi connectivity index (χ1v) is 8.41. The third kappa shape index (κ3) is 4.22. The number of rotatable bonds is 5. The number of nitrogens with one attached hydrogen (secondary N) is 2. The lowest BCUT2D eigenvalue weighted by atomic mass is 10.1. The lowest BCUT2D eigenvalue weighted by Crippen LogP contribution is -3.08. The first-order chi connectivity index (χ1) is 12.4. The van der Waals surface area contributed by atoms with Gasteiger partial charge in [-0.3, -0.25) is 4.79 Å². The summed E-state index contributed by atoms with van der Waals surface area (Å²) in [6.45, 7) is 0.647. The highest BCUT2D eigenvalue weighted by Crippen LogP contribution is 2.21. The molecule has 0 saturated carbocycles. The summed E-state index contributed by atoms with van der Waals surface area (Å²) in [6, 6.07) is 13.1. The van der Waals surface area contributed by atoms with Crippen LogP contribution in [0.25, 0.3) is 11.0 Å². The van der Waals surface area contributed by atoms with Crippen molar-refractivity contribution in [1.82, 2.24) is 0 Å². The Hall–Kier alpha value is -2.83. The molecule has 0 aliphatic carbocycles. The highest BCUT2D eigenvalue weighted by atomic mass is 35.5. The average Bonchev–Trinajstić information content (AvgIpc) is 2.56. The molecule has 0 bridgehead atoms. The Bertz CT molecular complexity index is 1020. The molecule has 1 amide bonds. The molecule has 3 aromatic rings. The highest BCUT2D eigenvalue weighted by molar-refractivity contribution is 6.33. The lowest BCUT2D eigenvalue weighted by Gasteiger charge is -2.15. The fraction of sp³-hybridized carbons (Fsp3) is 0.158. The maximum atomic E-state index is 12.2. The quantitative estimate of drug-likeness (QED) is 0.595. The first-order valence-electron chi connectivity index (χ1n) is 8.04. The summed E-state index contributed by atoms with van der Waals surface area (Å²) in [5.41, 5.74) is 1.14. The number of phenolic OH excluding ortho intramolecular Hbond substituents is 1. The molecular formula is C19H18ClN2O4+. The molecule has 0 fully saturated rings. The molecule has 2 aromatic carbocycles. The number of likely N-dealkylation sites (N-methyl/N-ethyl adjacent to an activating group) is 1. The third-order valence-electron chi connectivity index (χ3n) is 3.92. The zero-order chi connectivity index (χ0) is 18.7. The SMILES string of the molecule is C[NH+](CC(=O)Nc1ccccc1Cl)Cc1cc(=O)oc2cc(O)ccc12. The van der Waals surface area contributed by atoms with Gasteiger partial charge < -0.3 is 19.7 Å². The molecule has 0 saturated heterocycles. The van der Waals surface area contributed by atoms with Gasteiger partial charge in [-0.05, 0) is 24.3 Å². The Balaban J connectivity index is 1.73. The molecule has 7 heteroatoms. The summed E-state index contributed by atoms with van der Waals surface area (Å²) < 4.78 is 5.12. The smallest absolute Gasteiger partial charge is 0.336 e. The Kier molecular flexibility index (Phi) is 5.25. The van der Waals surface area contributed by atoms with Crippen molar-refractivity contribution in [3.8, 4) is 5.75 Å². The van der Waals surface area contributed by atoms with E-state index in [9.17, 15) is 14.7 Å². The number of halogens is 1. The minimum atomic E-state index is -0.494. The van der Waals surface area contributed by atoms with E-state index in [0.29, 0.717) is 22.8 Å². The van der Waals surface area contributed by atoms with E-state index in [0.717, 1.165) is 15.8 Å². The standard InChI is InChI=1S/C19H17ClN2O4/c1-22(11-18(24)21-16-5-3-2-4-15(16)20)10-12-8-19(25)26-17-9-13(23)6-7-14(12)17/h2-9,23H,10-11H2,1H3,(H,21,24)/p+1. The molecule has 1 unspecified atom stereocenters. The van der Waals surface area contributed by atoms with E-state index in [1.807, 2.05) is 7.05 Å². The van der Waals surface area contributed by atoms with Crippen LogP contribution in [0.15, 0.2) is 57.7 Å². The van der Waals surface area contributed by atoms with Crippen LogP contribution in [-0.2, 0) is 11.3 Å². The number of fused-ring (bicyclic) bond motifs is 1. The van der Waals surface area contributed by atoms with E-state index >= 15 is 0 Å². The number of anilines is 1. The first kappa shape index (κ1) is 18.0. The number of hydrogen-bond donors (Lipinski definition) is 3. The van der Waals surface area contributed by atoms with Gasteiger partial charge in [0, 0.05) is 23.1 Å². The largest absolute Gasteiger partial charge is 0.508 e. The van der Waals surface area contributed by atoms with Gasteiger partial charge in [0.15, 0.2) is 6.54 Å². The van der Waals surface area contributed by atoms with Gasteiger partial charge in [0.1, 0.15) is 17.9 Å². The predicted octanol–water partition coefficient (Wildman–Crippen LogP) is 1.81. The number of benzene rings is 2. The van der Waals surface area contributed by atoms with Crippen molar-refractivity contribution in [1.29, 1.82) is 0 Å². The Morgan fingerprint density at radius 2 is 2.00 bits per heavy atom. The second-order valence-corrected chi connectivity index (χ2v) is 6.52. The minimum Gasteiger partial charge on any atom is -0.508 e. The van der Waals surface area contributed by atoms with Crippen LogP contribution >= 0.6 is 11.6 Å². The lowest BCUT2D eigenvalue weighted by molar-refractivity contribution is -0.885. The van der Waals surface area contributed by atoms with Gasteiger partial charge in [0.05, 0.1) is 17.8 Å². The monoisotopic (exact) mass is 373 g/mol. The molecule has 1 aromatic heterocycles. The minimum absolute atomic E-state index is 0.0256. The fourth-order valence-corrected chi connectivity index (χ4v) is 2.97. The number of amides is 1. The molecule has 3 rings (SSSR count). The molecule has 0 spiro atoms. The van der Waals surface area contributed by atoms with E-state index in [2.05, 4.69) is 5.32 Å². The summed E-state index contributed by atoms with van der Waals surface area (Å²) in [4.78, 5) is 24.9. The molecule has 0 aliphatic heterocycles. The molecular weight excluding hydrogens is 356 g/mol. The highest BCUT2D eigenvalue weighted by Gasteiger charge is 2.15. The van der Waals surface area contributed by atoms with E-state index in [4.69, 9.17) is 16.0 Å². The van der Waals surface area contributed by atoms with Gasteiger partial charge in [-0.15, -0.1) is 0 Å². The van der Waals surface area contributed by atoms with Crippen molar-refractivity contribution in [2.75, 3.05) is 18.9 Å². The van der Waals surface area contributed by atoms with Crippen molar-refractivity contribution < 1.29 is 19.2 Å². The maximum absolute atomic E-state index is 12.2. The summed E-state index contributed by atoms with van der Waals surface area (Å²) >= 11 is 6.04. The van der Waals surface area contributed by atoms with Crippen LogP contribution in [-0.4, -0.2) is 24.6 Å². The van der Waals surface area contributed by atoms with E-state index in [1.165, 1.54) is 18.2 Å². The van der Waals surface area contributed by atoms with Gasteiger partial charge in [0.25, 0.3) is 5.91 Å². The van der Waals surface area contributed by atoms with Gasteiger partial charge in [-0.1, -0.05) is 23.7 Å². The molecule has 26 heavy (non-hydrogen) atoms. The van der Waals surface area contributed by atoms with E-state index in [1.54, 1.807) is 30.3 Å². The van der Waals surface area contributed by atoms with Gasteiger partial charge >= 0.3 is 5.63 Å². The zero-order valence-corrected chi connectivity index (χ0v) is 14.8.